The van der Waals surface area contributed by atoms with Crippen LogP contribution in [-0.2, 0) is 16.1 Å². The second-order valence-electron chi connectivity index (χ2n) is 5.24. The molecule has 0 saturated carbocycles. The lowest BCUT2D eigenvalue weighted by atomic mass is 10.2. The molecular weight excluding hydrogens is 360 g/mol. The number of nitrogens with zero attached hydrogens (tertiary/aromatic N) is 3. The van der Waals surface area contributed by atoms with Gasteiger partial charge >= 0.3 is 5.97 Å². The minimum Gasteiger partial charge on any atom is -0.481 e. The number of ether oxygens (including phenoxy) is 2. The molecule has 3 rings (SSSR count). The van der Waals surface area contributed by atoms with Gasteiger partial charge in [-0.05, 0) is 19.1 Å². The molecule has 2 N–H and O–H groups in total. The van der Waals surface area contributed by atoms with Crippen LogP contribution in [0.2, 0.25) is 0 Å². The first-order valence-electron chi connectivity index (χ1n) is 7.47. The van der Waals surface area contributed by atoms with Crippen LogP contribution in [-0.4, -0.2) is 33.1 Å². The highest BCUT2D eigenvalue weighted by Gasteiger charge is 2.13. The second kappa shape index (κ2) is 7.31. The van der Waals surface area contributed by atoms with E-state index in [1.54, 1.807) is 19.1 Å². The summed E-state index contributed by atoms with van der Waals surface area (Å²) in [5, 5.41) is 4.48. The lowest BCUT2D eigenvalue weighted by molar-refractivity contribution is -0.147. The number of carbonyl (C=O) groups is 2. The van der Waals surface area contributed by atoms with Gasteiger partial charge in [0, 0.05) is 11.8 Å². The van der Waals surface area contributed by atoms with Gasteiger partial charge in [0.15, 0.2) is 11.6 Å². The van der Waals surface area contributed by atoms with Crippen LogP contribution in [0.5, 0.6) is 5.75 Å². The summed E-state index contributed by atoms with van der Waals surface area (Å²) >= 11 is 1.15. The average Bonchev–Trinajstić information content (AvgIpc) is 3.01. The lowest BCUT2D eigenvalue weighted by Crippen LogP contribution is -2.18. The number of fused-ring (bicyclic) bond motifs is 1. The van der Waals surface area contributed by atoms with E-state index in [4.69, 9.17) is 15.2 Å². The highest BCUT2D eigenvalue weighted by atomic mass is 32.1. The Morgan fingerprint density at radius 3 is 2.85 bits per heavy atom. The van der Waals surface area contributed by atoms with Gasteiger partial charge in [0.1, 0.15) is 12.4 Å². The molecule has 0 aliphatic carbocycles. The summed E-state index contributed by atoms with van der Waals surface area (Å²) in [5.74, 6) is -1.11. The van der Waals surface area contributed by atoms with Crippen molar-refractivity contribution < 1.29 is 19.1 Å². The Hall–Kier alpha value is -3.27. The van der Waals surface area contributed by atoms with E-state index >= 15 is 0 Å². The van der Waals surface area contributed by atoms with Crippen LogP contribution in [0.15, 0.2) is 35.1 Å². The maximum absolute atomic E-state index is 11.8. The molecule has 10 heteroatoms. The number of aryl methyl sites for hydroxylation is 1. The van der Waals surface area contributed by atoms with Crippen LogP contribution in [0.4, 0.5) is 0 Å². The lowest BCUT2D eigenvalue weighted by Gasteiger charge is -2.08. The van der Waals surface area contributed by atoms with E-state index in [0.29, 0.717) is 15.7 Å². The summed E-state index contributed by atoms with van der Waals surface area (Å²) in [5.41, 5.74) is 5.70. The molecule has 0 atom stereocenters. The van der Waals surface area contributed by atoms with Crippen molar-refractivity contribution in [3.8, 4) is 5.75 Å². The number of amides is 1. The van der Waals surface area contributed by atoms with E-state index in [0.717, 1.165) is 15.9 Å². The summed E-state index contributed by atoms with van der Waals surface area (Å²) in [7, 11) is 0. The molecular formula is C16H14N4O5S. The number of benzene rings is 1. The van der Waals surface area contributed by atoms with Crippen molar-refractivity contribution in [2.75, 3.05) is 6.61 Å². The van der Waals surface area contributed by atoms with E-state index in [-0.39, 0.29) is 23.5 Å². The van der Waals surface area contributed by atoms with Crippen LogP contribution in [0.3, 0.4) is 0 Å². The molecule has 1 aromatic carbocycles. The Morgan fingerprint density at radius 2 is 2.08 bits per heavy atom. The van der Waals surface area contributed by atoms with Gasteiger partial charge in [0.05, 0.1) is 5.56 Å². The Morgan fingerprint density at radius 1 is 1.31 bits per heavy atom. The van der Waals surface area contributed by atoms with E-state index in [1.165, 1.54) is 18.2 Å². The molecule has 0 aliphatic rings. The van der Waals surface area contributed by atoms with Crippen molar-refractivity contribution in [1.82, 2.24) is 14.6 Å². The number of hydrogen-bond donors (Lipinski definition) is 1. The van der Waals surface area contributed by atoms with Crippen molar-refractivity contribution in [3.63, 3.8) is 0 Å². The molecule has 3 aromatic rings. The molecule has 0 fully saturated rings. The summed E-state index contributed by atoms with van der Waals surface area (Å²) in [4.78, 5) is 39.6. The summed E-state index contributed by atoms with van der Waals surface area (Å²) < 4.78 is 11.5. The van der Waals surface area contributed by atoms with E-state index in [9.17, 15) is 14.4 Å². The number of esters is 1. The van der Waals surface area contributed by atoms with Crippen LogP contribution < -0.4 is 16.0 Å². The normalized spacial score (nSPS) is 10.7. The summed E-state index contributed by atoms with van der Waals surface area (Å²) in [6, 6.07) is 7.68. The molecule has 0 unspecified atom stereocenters. The van der Waals surface area contributed by atoms with Crippen molar-refractivity contribution in [2.24, 2.45) is 5.73 Å². The van der Waals surface area contributed by atoms with Gasteiger partial charge in [-0.1, -0.05) is 23.5 Å². The van der Waals surface area contributed by atoms with Gasteiger partial charge in [0.25, 0.3) is 11.5 Å². The van der Waals surface area contributed by atoms with Crippen LogP contribution in [0, 0.1) is 6.92 Å². The fourth-order valence-electron chi connectivity index (χ4n) is 2.14. The molecule has 0 spiro atoms. The largest absolute Gasteiger partial charge is 0.481 e. The number of aromatic nitrogens is 3. The predicted octanol–water partition coefficient (Wildman–Crippen LogP) is 0.681. The minimum atomic E-state index is -0.656. The molecule has 26 heavy (non-hydrogen) atoms. The van der Waals surface area contributed by atoms with Gasteiger partial charge in [-0.3, -0.25) is 9.59 Å². The number of nitrogens with two attached hydrogens (primary N) is 1. The first-order valence-corrected chi connectivity index (χ1v) is 8.29. The van der Waals surface area contributed by atoms with Gasteiger partial charge in [-0.15, -0.1) is 0 Å². The Balaban J connectivity index is 1.60. The fraction of sp³-hybridized carbons (Fsp3) is 0.188. The number of hydrogen-bond acceptors (Lipinski definition) is 8. The maximum atomic E-state index is 11.8. The zero-order valence-electron chi connectivity index (χ0n) is 13.7. The monoisotopic (exact) mass is 374 g/mol. The fourth-order valence-corrected chi connectivity index (χ4v) is 2.99. The number of primary amides is 1. The second-order valence-corrected chi connectivity index (χ2v) is 6.28. The first-order chi connectivity index (χ1) is 12.4. The number of rotatable bonds is 6. The van der Waals surface area contributed by atoms with Crippen LogP contribution in [0.1, 0.15) is 21.1 Å². The Labute approximate surface area is 151 Å². The van der Waals surface area contributed by atoms with Crippen molar-refractivity contribution in [3.05, 3.63) is 57.0 Å². The Kier molecular flexibility index (Phi) is 4.94. The highest BCUT2D eigenvalue weighted by molar-refractivity contribution is 7.16. The predicted molar refractivity (Wildman–Crippen MR) is 92.1 cm³/mol. The third-order valence-electron chi connectivity index (χ3n) is 3.27. The molecule has 0 saturated heterocycles. The maximum Gasteiger partial charge on any atom is 0.344 e. The molecule has 0 radical (unpaired) electrons. The quantitative estimate of drug-likeness (QED) is 0.629. The van der Waals surface area contributed by atoms with Crippen LogP contribution >= 0.6 is 11.3 Å². The van der Waals surface area contributed by atoms with Crippen molar-refractivity contribution >= 4 is 28.2 Å². The van der Waals surface area contributed by atoms with Gasteiger partial charge in [-0.25, -0.2) is 9.78 Å². The van der Waals surface area contributed by atoms with Crippen LogP contribution in [0.25, 0.3) is 4.96 Å². The molecule has 134 valence electrons. The van der Waals surface area contributed by atoms with E-state index in [1.807, 2.05) is 0 Å². The van der Waals surface area contributed by atoms with Crippen molar-refractivity contribution in [1.29, 1.82) is 0 Å². The molecule has 2 aromatic heterocycles. The summed E-state index contributed by atoms with van der Waals surface area (Å²) in [6.07, 6.45) is 0. The van der Waals surface area contributed by atoms with Gasteiger partial charge in [-0.2, -0.15) is 9.61 Å². The Bertz CT molecular complexity index is 1040. The highest BCUT2D eigenvalue weighted by Crippen LogP contribution is 2.17. The van der Waals surface area contributed by atoms with E-state index in [2.05, 4.69) is 10.1 Å². The molecule has 2 heterocycles. The SMILES string of the molecule is Cc1cc(=O)n2nc(COC(=O)COc3ccccc3C(N)=O)sc2n1. The molecule has 9 nitrogen and oxygen atoms in total. The molecule has 0 aliphatic heterocycles. The first kappa shape index (κ1) is 17.5. The van der Waals surface area contributed by atoms with E-state index < -0.39 is 18.5 Å². The van der Waals surface area contributed by atoms with Crippen molar-refractivity contribution in [2.45, 2.75) is 13.5 Å². The molecule has 1 amide bonds. The third-order valence-corrected chi connectivity index (χ3v) is 4.15. The number of para-hydroxylation sites is 1. The standard InChI is InChI=1S/C16H14N4O5S/c1-9-6-13(21)20-16(18-9)26-12(19-20)7-25-14(22)8-24-11-5-3-2-4-10(11)15(17)23/h2-6H,7-8H2,1H3,(H2,17,23). The molecule has 0 bridgehead atoms. The zero-order chi connectivity index (χ0) is 18.7. The number of carbonyl (C=O) groups excluding carboxylic acids is 2. The van der Waals surface area contributed by atoms with Gasteiger partial charge in [0.2, 0.25) is 4.96 Å². The average molecular weight is 374 g/mol. The van der Waals surface area contributed by atoms with Gasteiger partial charge < -0.3 is 15.2 Å². The summed E-state index contributed by atoms with van der Waals surface area (Å²) in [6.45, 7) is 1.20. The zero-order valence-corrected chi connectivity index (χ0v) is 14.5. The third kappa shape index (κ3) is 3.86. The topological polar surface area (TPSA) is 126 Å². The smallest absolute Gasteiger partial charge is 0.344 e. The minimum absolute atomic E-state index is 0.119.